The highest BCUT2D eigenvalue weighted by Gasteiger charge is 2.08. The minimum absolute atomic E-state index is 0.0671. The second-order valence-electron chi connectivity index (χ2n) is 3.49. The number of aromatic nitrogens is 3. The largest absolute Gasteiger partial charge is 0.507 e. The second-order valence-corrected chi connectivity index (χ2v) is 4.62. The summed E-state index contributed by atoms with van der Waals surface area (Å²) < 4.78 is 1.47. The molecule has 0 fully saturated rings. The van der Waals surface area contributed by atoms with E-state index in [4.69, 9.17) is 5.11 Å². The molecular weight excluding hydrogens is 254 g/mol. The van der Waals surface area contributed by atoms with Gasteiger partial charge in [-0.1, -0.05) is 17.3 Å². The van der Waals surface area contributed by atoms with E-state index in [2.05, 4.69) is 10.3 Å². The van der Waals surface area contributed by atoms with Crippen LogP contribution in [0.25, 0.3) is 0 Å². The number of rotatable bonds is 5. The summed E-state index contributed by atoms with van der Waals surface area (Å²) >= 11 is 1.47. The summed E-state index contributed by atoms with van der Waals surface area (Å²) in [4.78, 5) is 11.4. The van der Waals surface area contributed by atoms with Gasteiger partial charge < -0.3 is 10.2 Å². The quantitative estimate of drug-likeness (QED) is 0.796. The number of para-hydroxylation sites is 1. The molecule has 0 saturated heterocycles. The maximum Gasteiger partial charge on any atom is 0.358 e. The van der Waals surface area contributed by atoms with E-state index >= 15 is 0 Å². The van der Waals surface area contributed by atoms with Crippen LogP contribution in [0.4, 0.5) is 0 Å². The van der Waals surface area contributed by atoms with Crippen LogP contribution in [0, 0.1) is 0 Å². The number of nitrogens with zero attached hydrogens (tertiary/aromatic N) is 3. The van der Waals surface area contributed by atoms with Crippen molar-refractivity contribution < 1.29 is 15.0 Å². The fourth-order valence-electron chi connectivity index (χ4n) is 1.33. The number of phenols is 1. The first-order valence-electron chi connectivity index (χ1n) is 5.21. The van der Waals surface area contributed by atoms with Crippen molar-refractivity contribution in [2.75, 3.05) is 5.75 Å². The van der Waals surface area contributed by atoms with E-state index in [0.717, 1.165) is 4.90 Å². The lowest BCUT2D eigenvalue weighted by Gasteiger charge is -2.03. The number of carboxylic acids is 1. The Labute approximate surface area is 107 Å². The van der Waals surface area contributed by atoms with Crippen LogP contribution in [0.15, 0.2) is 35.4 Å². The lowest BCUT2D eigenvalue weighted by Crippen LogP contribution is -2.01. The normalized spacial score (nSPS) is 10.4. The number of hydrogen-bond acceptors (Lipinski definition) is 5. The summed E-state index contributed by atoms with van der Waals surface area (Å²) in [6.07, 6.45) is 1.38. The second kappa shape index (κ2) is 5.54. The Hall–Kier alpha value is -2.02. The molecule has 94 valence electrons. The Morgan fingerprint density at radius 3 is 2.83 bits per heavy atom. The fourth-order valence-corrected chi connectivity index (χ4v) is 2.22. The maximum absolute atomic E-state index is 10.6. The fraction of sp³-hybridized carbons (Fsp3) is 0.182. The van der Waals surface area contributed by atoms with Gasteiger partial charge in [0.25, 0.3) is 0 Å². The summed E-state index contributed by atoms with van der Waals surface area (Å²) in [6, 6.07) is 7.06. The lowest BCUT2D eigenvalue weighted by atomic mass is 10.3. The lowest BCUT2D eigenvalue weighted by molar-refractivity contribution is 0.0690. The molecule has 0 aliphatic carbocycles. The van der Waals surface area contributed by atoms with Crippen molar-refractivity contribution in [1.82, 2.24) is 15.0 Å². The van der Waals surface area contributed by atoms with Crippen LogP contribution in [0.3, 0.4) is 0 Å². The molecule has 2 aromatic rings. The predicted octanol–water partition coefficient (Wildman–Crippen LogP) is 1.47. The van der Waals surface area contributed by atoms with Gasteiger partial charge in [0.15, 0.2) is 5.69 Å². The molecule has 7 heteroatoms. The van der Waals surface area contributed by atoms with Crippen molar-refractivity contribution in [3.05, 3.63) is 36.2 Å². The van der Waals surface area contributed by atoms with Gasteiger partial charge in [0.05, 0.1) is 12.7 Å². The predicted molar refractivity (Wildman–Crippen MR) is 65.8 cm³/mol. The van der Waals surface area contributed by atoms with Crippen molar-refractivity contribution in [2.24, 2.45) is 0 Å². The SMILES string of the molecule is O=C(O)c1cn(CCSc2ccccc2O)nn1. The van der Waals surface area contributed by atoms with Crippen LogP contribution in [0.5, 0.6) is 5.75 Å². The van der Waals surface area contributed by atoms with Gasteiger partial charge >= 0.3 is 5.97 Å². The summed E-state index contributed by atoms with van der Waals surface area (Å²) in [6.45, 7) is 0.527. The Kier molecular flexibility index (Phi) is 3.83. The molecule has 18 heavy (non-hydrogen) atoms. The van der Waals surface area contributed by atoms with Gasteiger partial charge in [0.1, 0.15) is 5.75 Å². The highest BCUT2D eigenvalue weighted by atomic mass is 32.2. The van der Waals surface area contributed by atoms with Gasteiger partial charge in [-0.15, -0.1) is 16.9 Å². The Bertz CT molecular complexity index is 556. The average molecular weight is 265 g/mol. The zero-order valence-corrected chi connectivity index (χ0v) is 10.2. The third kappa shape index (κ3) is 3.01. The number of phenolic OH excluding ortho intramolecular Hbond substituents is 1. The van der Waals surface area contributed by atoms with Gasteiger partial charge in [0, 0.05) is 10.6 Å². The van der Waals surface area contributed by atoms with Crippen molar-refractivity contribution in [1.29, 1.82) is 0 Å². The maximum atomic E-state index is 10.6. The molecule has 0 unspecified atom stereocenters. The van der Waals surface area contributed by atoms with E-state index in [9.17, 15) is 9.90 Å². The van der Waals surface area contributed by atoms with Gasteiger partial charge in [-0.05, 0) is 12.1 Å². The minimum atomic E-state index is -1.09. The van der Waals surface area contributed by atoms with Gasteiger partial charge in [-0.2, -0.15) is 0 Å². The van der Waals surface area contributed by atoms with Crippen LogP contribution < -0.4 is 0 Å². The molecule has 0 spiro atoms. The first-order valence-corrected chi connectivity index (χ1v) is 6.19. The Morgan fingerprint density at radius 2 is 2.17 bits per heavy atom. The Morgan fingerprint density at radius 1 is 1.39 bits per heavy atom. The van der Waals surface area contributed by atoms with Crippen LogP contribution in [0.2, 0.25) is 0 Å². The molecule has 0 amide bonds. The van der Waals surface area contributed by atoms with Crippen LogP contribution >= 0.6 is 11.8 Å². The molecule has 1 heterocycles. The third-order valence-corrected chi connectivity index (χ3v) is 3.24. The standard InChI is InChI=1S/C11H11N3O3S/c15-9-3-1-2-4-10(9)18-6-5-14-7-8(11(16)17)12-13-14/h1-4,7,15H,5-6H2,(H,16,17). The van der Waals surface area contributed by atoms with Gasteiger partial charge in [-0.25, -0.2) is 4.79 Å². The first-order chi connectivity index (χ1) is 8.66. The van der Waals surface area contributed by atoms with E-state index in [0.29, 0.717) is 12.3 Å². The van der Waals surface area contributed by atoms with E-state index in [1.165, 1.54) is 22.6 Å². The number of hydrogen-bond donors (Lipinski definition) is 2. The van der Waals surface area contributed by atoms with E-state index in [-0.39, 0.29) is 11.4 Å². The minimum Gasteiger partial charge on any atom is -0.507 e. The molecule has 0 aliphatic rings. The van der Waals surface area contributed by atoms with E-state index in [1.54, 1.807) is 12.1 Å². The summed E-state index contributed by atoms with van der Waals surface area (Å²) in [5, 5.41) is 25.4. The van der Waals surface area contributed by atoms with Crippen molar-refractivity contribution in [2.45, 2.75) is 11.4 Å². The van der Waals surface area contributed by atoms with Crippen LogP contribution in [-0.2, 0) is 6.54 Å². The summed E-state index contributed by atoms with van der Waals surface area (Å²) in [7, 11) is 0. The Balaban J connectivity index is 1.88. The molecule has 1 aromatic heterocycles. The van der Waals surface area contributed by atoms with Crippen molar-refractivity contribution in [3.8, 4) is 5.75 Å². The number of benzene rings is 1. The number of aryl methyl sites for hydroxylation is 1. The first kappa shape index (κ1) is 12.4. The van der Waals surface area contributed by atoms with E-state index in [1.807, 2.05) is 12.1 Å². The topological polar surface area (TPSA) is 88.2 Å². The smallest absolute Gasteiger partial charge is 0.358 e. The zero-order valence-electron chi connectivity index (χ0n) is 9.35. The molecule has 1 aromatic carbocycles. The summed E-state index contributed by atoms with van der Waals surface area (Å²) in [5.41, 5.74) is -0.0671. The number of aromatic hydroxyl groups is 1. The number of thioether (sulfide) groups is 1. The summed E-state index contributed by atoms with van der Waals surface area (Å²) in [5.74, 6) is -0.179. The molecule has 2 N–H and O–H groups in total. The molecule has 0 atom stereocenters. The van der Waals surface area contributed by atoms with Gasteiger partial charge in [0.2, 0.25) is 0 Å². The highest BCUT2D eigenvalue weighted by molar-refractivity contribution is 7.99. The molecular formula is C11H11N3O3S. The number of carboxylic acid groups (broad SMARTS) is 1. The molecule has 0 bridgehead atoms. The van der Waals surface area contributed by atoms with Gasteiger partial charge in [-0.3, -0.25) is 4.68 Å². The van der Waals surface area contributed by atoms with Crippen LogP contribution in [-0.4, -0.2) is 36.9 Å². The number of carbonyl (C=O) groups is 1. The van der Waals surface area contributed by atoms with Crippen LogP contribution in [0.1, 0.15) is 10.5 Å². The molecule has 0 aliphatic heterocycles. The molecule has 6 nitrogen and oxygen atoms in total. The third-order valence-electron chi connectivity index (χ3n) is 2.20. The highest BCUT2D eigenvalue weighted by Crippen LogP contribution is 2.27. The molecule has 2 rings (SSSR count). The average Bonchev–Trinajstić information content (AvgIpc) is 2.80. The van der Waals surface area contributed by atoms with E-state index < -0.39 is 5.97 Å². The van der Waals surface area contributed by atoms with Crippen molar-refractivity contribution in [3.63, 3.8) is 0 Å². The number of aromatic carboxylic acids is 1. The molecule has 0 radical (unpaired) electrons. The molecule has 0 saturated carbocycles. The monoisotopic (exact) mass is 265 g/mol. The van der Waals surface area contributed by atoms with Crippen molar-refractivity contribution >= 4 is 17.7 Å². The zero-order chi connectivity index (χ0) is 13.0.